The fourth-order valence-electron chi connectivity index (χ4n) is 2.72. The lowest BCUT2D eigenvalue weighted by Gasteiger charge is -2.13. The van der Waals surface area contributed by atoms with Gasteiger partial charge in [0.15, 0.2) is 0 Å². The molecule has 1 unspecified atom stereocenters. The van der Waals surface area contributed by atoms with Crippen LogP contribution in [0.2, 0.25) is 0 Å². The third kappa shape index (κ3) is 6.05. The Labute approximate surface area is 165 Å². The van der Waals surface area contributed by atoms with Crippen molar-refractivity contribution in [3.8, 4) is 5.75 Å². The van der Waals surface area contributed by atoms with Crippen LogP contribution in [0.3, 0.4) is 0 Å². The van der Waals surface area contributed by atoms with E-state index in [1.165, 1.54) is 0 Å². The minimum Gasteiger partial charge on any atom is -0.497 e. The van der Waals surface area contributed by atoms with Gasteiger partial charge in [-0.05, 0) is 43.2 Å². The minimum absolute atomic E-state index is 0.0277. The molecule has 8 heteroatoms. The largest absolute Gasteiger partial charge is 0.497 e. The predicted molar refractivity (Wildman–Crippen MR) is 107 cm³/mol. The third-order valence-electron chi connectivity index (χ3n) is 4.26. The van der Waals surface area contributed by atoms with Gasteiger partial charge in [0.2, 0.25) is 15.9 Å². The zero-order chi connectivity index (χ0) is 20.7. The molecule has 2 aromatic rings. The van der Waals surface area contributed by atoms with E-state index in [0.717, 1.165) is 5.56 Å². The number of carbonyl (C=O) groups is 1. The molecule has 2 aromatic carbocycles. The lowest BCUT2D eigenvalue weighted by atomic mass is 10.1. The maximum Gasteiger partial charge on any atom is 0.240 e. The van der Waals surface area contributed by atoms with Crippen molar-refractivity contribution in [3.63, 3.8) is 0 Å². The van der Waals surface area contributed by atoms with Gasteiger partial charge in [-0.3, -0.25) is 4.79 Å². The van der Waals surface area contributed by atoms with Crippen LogP contribution in [0.15, 0.2) is 47.4 Å². The number of nitrogens with one attached hydrogen (secondary N) is 2. The minimum atomic E-state index is -3.68. The van der Waals surface area contributed by atoms with Crippen molar-refractivity contribution in [3.05, 3.63) is 59.2 Å². The number of sulfonamides is 1. The number of benzene rings is 2. The fourth-order valence-corrected chi connectivity index (χ4v) is 3.98. The Morgan fingerprint density at radius 1 is 1.14 bits per heavy atom. The van der Waals surface area contributed by atoms with Crippen LogP contribution < -0.4 is 14.8 Å². The summed E-state index contributed by atoms with van der Waals surface area (Å²) in [7, 11) is -2.12. The van der Waals surface area contributed by atoms with Gasteiger partial charge in [-0.1, -0.05) is 29.8 Å². The normalized spacial score (nSPS) is 12.4. The van der Waals surface area contributed by atoms with Crippen LogP contribution in [0.1, 0.15) is 29.2 Å². The Bertz CT molecular complexity index is 911. The van der Waals surface area contributed by atoms with Gasteiger partial charge in [0.1, 0.15) is 5.75 Å². The summed E-state index contributed by atoms with van der Waals surface area (Å²) in [6, 6.07) is 12.0. The highest BCUT2D eigenvalue weighted by molar-refractivity contribution is 7.89. The van der Waals surface area contributed by atoms with E-state index < -0.39 is 16.1 Å². The van der Waals surface area contributed by atoms with Gasteiger partial charge in [-0.2, -0.15) is 0 Å². The van der Waals surface area contributed by atoms with Crippen molar-refractivity contribution in [2.45, 2.75) is 31.3 Å². The van der Waals surface area contributed by atoms with Crippen LogP contribution >= 0.6 is 0 Å². The monoisotopic (exact) mass is 406 g/mol. The van der Waals surface area contributed by atoms with E-state index in [4.69, 9.17) is 4.74 Å². The summed E-state index contributed by atoms with van der Waals surface area (Å²) in [6.07, 6.45) is -0.888. The second-order valence-corrected chi connectivity index (χ2v) is 8.25. The van der Waals surface area contributed by atoms with E-state index in [2.05, 4.69) is 10.0 Å². The second-order valence-electron chi connectivity index (χ2n) is 6.51. The maximum atomic E-state index is 12.4. The van der Waals surface area contributed by atoms with Gasteiger partial charge in [-0.25, -0.2) is 13.1 Å². The lowest BCUT2D eigenvalue weighted by molar-refractivity contribution is -0.121. The number of methoxy groups -OCH3 is 1. The third-order valence-corrected chi connectivity index (χ3v) is 5.88. The number of aryl methyl sites for hydroxylation is 2. The first kappa shape index (κ1) is 21.9. The first-order chi connectivity index (χ1) is 13.2. The predicted octanol–water partition coefficient (Wildman–Crippen LogP) is 1.83. The summed E-state index contributed by atoms with van der Waals surface area (Å²) in [4.78, 5) is 12.1. The van der Waals surface area contributed by atoms with E-state index in [9.17, 15) is 18.3 Å². The quantitative estimate of drug-likeness (QED) is 0.589. The Hall–Kier alpha value is -2.42. The molecule has 1 atom stereocenters. The van der Waals surface area contributed by atoms with Crippen LogP contribution in [-0.4, -0.2) is 39.6 Å². The van der Waals surface area contributed by atoms with Gasteiger partial charge in [0.05, 0.1) is 18.1 Å². The molecule has 0 saturated heterocycles. The number of aliphatic hydroxyl groups excluding tert-OH is 1. The molecule has 152 valence electrons. The maximum absolute atomic E-state index is 12.4. The van der Waals surface area contributed by atoms with E-state index in [-0.39, 0.29) is 30.3 Å². The smallest absolute Gasteiger partial charge is 0.240 e. The number of aliphatic hydroxyl groups is 1. The first-order valence-corrected chi connectivity index (χ1v) is 10.4. The average Bonchev–Trinajstić information content (AvgIpc) is 2.65. The highest BCUT2D eigenvalue weighted by atomic mass is 32.2. The van der Waals surface area contributed by atoms with Crippen molar-refractivity contribution >= 4 is 15.9 Å². The van der Waals surface area contributed by atoms with Crippen molar-refractivity contribution in [2.75, 3.05) is 20.2 Å². The summed E-state index contributed by atoms with van der Waals surface area (Å²) >= 11 is 0. The molecule has 2 rings (SSSR count). The summed E-state index contributed by atoms with van der Waals surface area (Å²) in [5, 5.41) is 12.7. The van der Waals surface area contributed by atoms with Crippen LogP contribution in [0.4, 0.5) is 0 Å². The van der Waals surface area contributed by atoms with Gasteiger partial charge >= 0.3 is 0 Å². The molecule has 0 spiro atoms. The molecular weight excluding hydrogens is 380 g/mol. The zero-order valence-corrected chi connectivity index (χ0v) is 17.0. The molecule has 1 amide bonds. The van der Waals surface area contributed by atoms with E-state index in [1.807, 2.05) is 6.92 Å². The topological polar surface area (TPSA) is 105 Å². The zero-order valence-electron chi connectivity index (χ0n) is 16.2. The van der Waals surface area contributed by atoms with Gasteiger partial charge in [-0.15, -0.1) is 0 Å². The molecule has 0 fully saturated rings. The highest BCUT2D eigenvalue weighted by Gasteiger charge is 2.17. The molecule has 0 aliphatic rings. The van der Waals surface area contributed by atoms with Gasteiger partial charge < -0.3 is 15.2 Å². The molecule has 0 aromatic heterocycles. The molecule has 3 N–H and O–H groups in total. The SMILES string of the molecule is COc1ccc(C(O)CNC(=O)CCNS(=O)(=O)c2ccc(C)cc2C)cc1. The van der Waals surface area contributed by atoms with Crippen LogP contribution in [0.5, 0.6) is 5.75 Å². The number of hydrogen-bond acceptors (Lipinski definition) is 5. The van der Waals surface area contributed by atoms with Crippen LogP contribution in [0.25, 0.3) is 0 Å². The van der Waals surface area contributed by atoms with Crippen molar-refractivity contribution in [1.82, 2.24) is 10.0 Å². The molecule has 0 saturated carbocycles. The fraction of sp³-hybridized carbons (Fsp3) is 0.350. The van der Waals surface area contributed by atoms with Crippen LogP contribution in [0, 0.1) is 13.8 Å². The molecule has 28 heavy (non-hydrogen) atoms. The molecule has 7 nitrogen and oxygen atoms in total. The van der Waals surface area contributed by atoms with E-state index >= 15 is 0 Å². The first-order valence-electron chi connectivity index (χ1n) is 8.88. The molecule has 0 aliphatic heterocycles. The number of hydrogen-bond donors (Lipinski definition) is 3. The second kappa shape index (κ2) is 9.68. The van der Waals surface area contributed by atoms with Crippen molar-refractivity contribution < 1.29 is 23.1 Å². The van der Waals surface area contributed by atoms with Crippen molar-refractivity contribution in [2.24, 2.45) is 0 Å². The summed E-state index contributed by atoms with van der Waals surface area (Å²) < 4.78 is 32.2. The number of amides is 1. The summed E-state index contributed by atoms with van der Waals surface area (Å²) in [5.41, 5.74) is 2.28. The summed E-state index contributed by atoms with van der Waals surface area (Å²) in [6.45, 7) is 3.63. The Morgan fingerprint density at radius 3 is 2.43 bits per heavy atom. The van der Waals surface area contributed by atoms with Crippen molar-refractivity contribution in [1.29, 1.82) is 0 Å². The molecule has 0 bridgehead atoms. The van der Waals surface area contributed by atoms with Gasteiger partial charge in [0.25, 0.3) is 0 Å². The average molecular weight is 407 g/mol. The Morgan fingerprint density at radius 2 is 1.82 bits per heavy atom. The lowest BCUT2D eigenvalue weighted by Crippen LogP contribution is -2.33. The Kier molecular flexibility index (Phi) is 7.56. The molecular formula is C20H26N2O5S. The molecule has 0 aliphatic carbocycles. The van der Waals surface area contributed by atoms with E-state index in [1.54, 1.807) is 56.5 Å². The standard InChI is InChI=1S/C20H26N2O5S/c1-14-4-9-19(15(2)12-14)28(25,26)22-11-10-20(24)21-13-18(23)16-5-7-17(27-3)8-6-16/h4-9,12,18,22-23H,10-11,13H2,1-3H3,(H,21,24). The molecule has 0 radical (unpaired) electrons. The number of ether oxygens (including phenoxy) is 1. The Balaban J connectivity index is 1.80. The van der Waals surface area contributed by atoms with Crippen LogP contribution in [-0.2, 0) is 14.8 Å². The van der Waals surface area contributed by atoms with Gasteiger partial charge in [0, 0.05) is 19.5 Å². The number of carbonyl (C=O) groups excluding carboxylic acids is 1. The number of rotatable bonds is 9. The molecule has 0 heterocycles. The van der Waals surface area contributed by atoms with E-state index in [0.29, 0.717) is 16.9 Å². The highest BCUT2D eigenvalue weighted by Crippen LogP contribution is 2.17. The summed E-state index contributed by atoms with van der Waals surface area (Å²) in [5.74, 6) is 0.326.